The summed E-state index contributed by atoms with van der Waals surface area (Å²) in [6.07, 6.45) is -4.10. The summed E-state index contributed by atoms with van der Waals surface area (Å²) in [5.74, 6) is -4.13. The number of nitrogens with zero attached hydrogens (tertiary/aromatic N) is 3. The summed E-state index contributed by atoms with van der Waals surface area (Å²) in [4.78, 5) is 32.8. The quantitative estimate of drug-likeness (QED) is 0.262. The number of fused-ring (bicyclic) bond motifs is 1. The van der Waals surface area contributed by atoms with Crippen molar-refractivity contribution in [3.63, 3.8) is 0 Å². The normalized spacial score (nSPS) is 19.5. The lowest BCUT2D eigenvalue weighted by Crippen LogP contribution is -2.45. The summed E-state index contributed by atoms with van der Waals surface area (Å²) in [5, 5.41) is 12.4. The number of carbonyl (C=O) groups excluding carboxylic acids is 2. The third-order valence-electron chi connectivity index (χ3n) is 7.96. The molecule has 9 nitrogen and oxygen atoms in total. The number of rotatable bonds is 11. The number of aromatic amines is 1. The number of nitrogens with one attached hydrogen (secondary N) is 3. The summed E-state index contributed by atoms with van der Waals surface area (Å²) in [7, 11) is 0. The molecule has 2 aliphatic carbocycles. The molecule has 0 radical (unpaired) electrons. The van der Waals surface area contributed by atoms with E-state index in [4.69, 9.17) is 0 Å². The van der Waals surface area contributed by atoms with Crippen molar-refractivity contribution in [3.8, 4) is 0 Å². The Labute approximate surface area is 232 Å². The van der Waals surface area contributed by atoms with Crippen LogP contribution in [0.5, 0.6) is 0 Å². The van der Waals surface area contributed by atoms with E-state index in [1.165, 1.54) is 6.92 Å². The van der Waals surface area contributed by atoms with Crippen LogP contribution in [0.15, 0.2) is 22.8 Å². The molecule has 2 aromatic heterocycles. The Morgan fingerprint density at radius 1 is 1.15 bits per heavy atom. The van der Waals surface area contributed by atoms with Crippen molar-refractivity contribution >= 4 is 22.8 Å². The van der Waals surface area contributed by atoms with Crippen molar-refractivity contribution < 1.29 is 36.2 Å². The highest BCUT2D eigenvalue weighted by Gasteiger charge is 2.47. The minimum absolute atomic E-state index is 0.0228. The van der Waals surface area contributed by atoms with Gasteiger partial charge in [-0.1, -0.05) is 25.1 Å². The number of halogens is 5. The molecule has 2 fully saturated rings. The molecule has 2 saturated carbocycles. The van der Waals surface area contributed by atoms with Crippen molar-refractivity contribution in [2.24, 2.45) is 17.3 Å². The number of aryl methyl sites for hydroxylation is 1. The van der Waals surface area contributed by atoms with Crippen molar-refractivity contribution in [3.05, 3.63) is 41.0 Å². The van der Waals surface area contributed by atoms with E-state index in [9.17, 15) is 27.2 Å². The average molecular weight is 583 g/mol. The highest BCUT2D eigenvalue weighted by Crippen LogP contribution is 2.45. The first-order chi connectivity index (χ1) is 19.2. The number of hydrogen-bond acceptors (Lipinski definition) is 6. The monoisotopic (exact) mass is 582 g/mol. The molecule has 5 rings (SSSR count). The van der Waals surface area contributed by atoms with Gasteiger partial charge in [0.25, 0.3) is 5.91 Å². The van der Waals surface area contributed by atoms with Crippen molar-refractivity contribution in [2.45, 2.75) is 83.5 Å². The molecule has 0 bridgehead atoms. The zero-order chi connectivity index (χ0) is 29.7. The summed E-state index contributed by atoms with van der Waals surface area (Å²) in [5.41, 5.74) is -0.664. The van der Waals surface area contributed by atoms with Gasteiger partial charge in [-0.15, -0.1) is 0 Å². The molecule has 0 spiro atoms. The van der Waals surface area contributed by atoms with Gasteiger partial charge in [0.05, 0.1) is 22.5 Å². The Hall–Kier alpha value is -3.58. The van der Waals surface area contributed by atoms with E-state index in [0.717, 1.165) is 32.3 Å². The molecule has 2 heterocycles. The van der Waals surface area contributed by atoms with Crippen LogP contribution in [0.25, 0.3) is 11.0 Å². The van der Waals surface area contributed by atoms with Crippen molar-refractivity contribution in [1.82, 2.24) is 30.9 Å². The van der Waals surface area contributed by atoms with Gasteiger partial charge in [0.15, 0.2) is 5.69 Å². The number of imidazole rings is 1. The van der Waals surface area contributed by atoms with Gasteiger partial charge in [0, 0.05) is 19.3 Å². The van der Waals surface area contributed by atoms with Crippen LogP contribution < -0.4 is 10.6 Å². The van der Waals surface area contributed by atoms with E-state index >= 15 is 4.39 Å². The summed E-state index contributed by atoms with van der Waals surface area (Å²) in [6, 6.07) is 3.17. The predicted molar refractivity (Wildman–Crippen MR) is 136 cm³/mol. The number of amides is 2. The minimum Gasteiger partial charge on any atom is -0.349 e. The first-order valence-electron chi connectivity index (χ1n) is 13.4. The number of carbonyl (C=O) groups is 2. The van der Waals surface area contributed by atoms with Crippen LogP contribution in [-0.2, 0) is 4.79 Å². The molecule has 0 aliphatic heterocycles. The second kappa shape index (κ2) is 10.7. The number of alkyl halides is 5. The highest BCUT2D eigenvalue weighted by molar-refractivity contribution is 5.93. The summed E-state index contributed by atoms with van der Waals surface area (Å²) < 4.78 is 74.3. The van der Waals surface area contributed by atoms with Gasteiger partial charge < -0.3 is 15.6 Å². The first kappa shape index (κ1) is 28.9. The number of aromatic nitrogens is 4. The van der Waals surface area contributed by atoms with Gasteiger partial charge >= 0.3 is 0 Å². The zero-order valence-electron chi connectivity index (χ0n) is 22.7. The standard InChI is InChI=1S/C27H31F5N6O3/c1-12-19(38-41-37-12)24(40)36-21(22(28)26(2,3)25(29)30)23-33-16-7-6-15(9-17(16)34-23)20(14-4-5-14)35-18(39)8-13-10-27(31,32)11-13/h6-7,9,13-14,20-22,25H,4-5,8,10-11H2,1-3H3,(H,33,34)(H,35,39)(H,36,40)/t20-,21-,22?/m1/s1. The van der Waals surface area contributed by atoms with E-state index < -0.39 is 35.9 Å². The average Bonchev–Trinajstić information content (AvgIpc) is 3.49. The maximum atomic E-state index is 15.8. The van der Waals surface area contributed by atoms with Gasteiger partial charge in [-0.2, -0.15) is 0 Å². The topological polar surface area (TPSA) is 126 Å². The molecule has 0 saturated heterocycles. The van der Waals surface area contributed by atoms with Crippen molar-refractivity contribution in [1.29, 1.82) is 0 Å². The second-order valence-corrected chi connectivity index (χ2v) is 11.8. The molecular weight excluding hydrogens is 551 g/mol. The van der Waals surface area contributed by atoms with Gasteiger partial charge in [-0.05, 0) is 54.5 Å². The number of benzene rings is 1. The molecule has 14 heteroatoms. The molecule has 1 aromatic carbocycles. The number of hydrogen-bond donors (Lipinski definition) is 3. The second-order valence-electron chi connectivity index (χ2n) is 11.8. The Kier molecular flexibility index (Phi) is 7.53. The number of H-pyrrole nitrogens is 1. The smallest absolute Gasteiger partial charge is 0.276 e. The van der Waals surface area contributed by atoms with Crippen LogP contribution >= 0.6 is 0 Å². The van der Waals surface area contributed by atoms with E-state index in [1.807, 2.05) is 0 Å². The Balaban J connectivity index is 1.40. The predicted octanol–water partition coefficient (Wildman–Crippen LogP) is 5.36. The van der Waals surface area contributed by atoms with Crippen molar-refractivity contribution in [2.75, 3.05) is 0 Å². The summed E-state index contributed by atoms with van der Waals surface area (Å²) in [6.45, 7) is 3.56. The Morgan fingerprint density at radius 2 is 1.85 bits per heavy atom. The molecule has 1 unspecified atom stereocenters. The van der Waals surface area contributed by atoms with Gasteiger partial charge in [0.1, 0.15) is 23.7 Å². The molecule has 41 heavy (non-hydrogen) atoms. The maximum absolute atomic E-state index is 15.8. The fourth-order valence-electron chi connectivity index (χ4n) is 5.19. The maximum Gasteiger partial charge on any atom is 0.276 e. The lowest BCUT2D eigenvalue weighted by Gasteiger charge is -2.34. The Bertz CT molecular complexity index is 1430. The molecule has 3 N–H and O–H groups in total. The lowest BCUT2D eigenvalue weighted by molar-refractivity contribution is -0.134. The highest BCUT2D eigenvalue weighted by atomic mass is 19.3. The van der Waals surface area contributed by atoms with Crippen LogP contribution in [0.1, 0.15) is 85.6 Å². The van der Waals surface area contributed by atoms with Gasteiger partial charge in [0.2, 0.25) is 18.3 Å². The molecule has 3 aromatic rings. The molecule has 222 valence electrons. The van der Waals surface area contributed by atoms with E-state index in [0.29, 0.717) is 11.0 Å². The third-order valence-corrected chi connectivity index (χ3v) is 7.96. The first-order valence-corrected chi connectivity index (χ1v) is 13.4. The molecule has 2 amide bonds. The molecular formula is C27H31F5N6O3. The van der Waals surface area contributed by atoms with Crippen LogP contribution in [0.3, 0.4) is 0 Å². The van der Waals surface area contributed by atoms with E-state index in [-0.39, 0.29) is 60.3 Å². The fourth-order valence-corrected chi connectivity index (χ4v) is 5.19. The van der Waals surface area contributed by atoms with Gasteiger partial charge in [-0.3, -0.25) is 9.59 Å². The van der Waals surface area contributed by atoms with E-state index in [2.05, 4.69) is 35.5 Å². The van der Waals surface area contributed by atoms with E-state index in [1.54, 1.807) is 18.2 Å². The largest absolute Gasteiger partial charge is 0.349 e. The minimum atomic E-state index is -3.04. The summed E-state index contributed by atoms with van der Waals surface area (Å²) >= 11 is 0. The SMILES string of the molecule is Cc1nonc1C(=O)N[C@@H](c1nc2ccc([C@H](NC(=O)CC3CC(F)(F)C3)C3CC3)cc2[nH]1)C(F)C(C)(C)C(F)F. The molecule has 3 atom stereocenters. The van der Waals surface area contributed by atoms with Crippen LogP contribution in [-0.4, -0.2) is 50.6 Å². The van der Waals surface area contributed by atoms with Crippen LogP contribution in [0.2, 0.25) is 0 Å². The van der Waals surface area contributed by atoms with Gasteiger partial charge in [-0.25, -0.2) is 31.6 Å². The van der Waals surface area contributed by atoms with Crippen LogP contribution in [0, 0.1) is 24.2 Å². The third kappa shape index (κ3) is 6.05. The zero-order valence-corrected chi connectivity index (χ0v) is 22.7. The Morgan fingerprint density at radius 3 is 2.44 bits per heavy atom. The fraction of sp³-hybridized carbons (Fsp3) is 0.593. The lowest BCUT2D eigenvalue weighted by atomic mass is 9.79. The molecule has 2 aliphatic rings. The van der Waals surface area contributed by atoms with Crippen LogP contribution in [0.4, 0.5) is 22.0 Å².